The van der Waals surface area contributed by atoms with Gasteiger partial charge in [-0.1, -0.05) is 0 Å². The fraction of sp³-hybridized carbons (Fsp3) is 0.481. The second kappa shape index (κ2) is 13.3. The topological polar surface area (TPSA) is 140 Å². The summed E-state index contributed by atoms with van der Waals surface area (Å²) in [6, 6.07) is 6.61. The van der Waals surface area contributed by atoms with Gasteiger partial charge in [0.2, 0.25) is 0 Å². The number of hydrogen-bond donors (Lipinski definition) is 2. The van der Waals surface area contributed by atoms with Gasteiger partial charge in [0.25, 0.3) is 16.0 Å². The number of halogens is 3. The van der Waals surface area contributed by atoms with E-state index in [0.29, 0.717) is 35.2 Å². The number of pyridine rings is 2. The fourth-order valence-corrected chi connectivity index (χ4v) is 5.14. The lowest BCUT2D eigenvalue weighted by molar-refractivity contribution is -0.137. The van der Waals surface area contributed by atoms with Crippen LogP contribution in [0.25, 0.3) is 5.82 Å². The maximum absolute atomic E-state index is 12.9. The monoisotopic (exact) mass is 610 g/mol. The third-order valence-electron chi connectivity index (χ3n) is 7.27. The van der Waals surface area contributed by atoms with E-state index in [1.165, 1.54) is 16.9 Å². The van der Waals surface area contributed by atoms with E-state index in [4.69, 9.17) is 9.29 Å². The van der Waals surface area contributed by atoms with Gasteiger partial charge < -0.3 is 10.1 Å². The van der Waals surface area contributed by atoms with Gasteiger partial charge in [0.05, 0.1) is 54.4 Å². The van der Waals surface area contributed by atoms with Crippen LogP contribution in [-0.2, 0) is 21.0 Å². The summed E-state index contributed by atoms with van der Waals surface area (Å²) in [5.74, 6) is 0.230. The molecule has 1 amide bonds. The largest absolute Gasteiger partial charge is 0.417 e. The van der Waals surface area contributed by atoms with Crippen LogP contribution in [-0.4, -0.2) is 82.1 Å². The van der Waals surface area contributed by atoms with Crippen LogP contribution in [0, 0.1) is 6.92 Å². The predicted molar refractivity (Wildman–Crippen MR) is 148 cm³/mol. The van der Waals surface area contributed by atoms with Crippen LogP contribution in [0.1, 0.15) is 58.9 Å². The molecule has 1 saturated carbocycles. The molecule has 3 aromatic rings. The van der Waals surface area contributed by atoms with Gasteiger partial charge in [0.15, 0.2) is 5.82 Å². The van der Waals surface area contributed by atoms with Gasteiger partial charge in [-0.15, -0.1) is 0 Å². The second-order valence-corrected chi connectivity index (χ2v) is 11.7. The minimum atomic E-state index is -4.47. The van der Waals surface area contributed by atoms with Crippen LogP contribution in [0.2, 0.25) is 0 Å². The normalized spacial score (nSPS) is 20.0. The summed E-state index contributed by atoms with van der Waals surface area (Å²) >= 11 is 0. The highest BCUT2D eigenvalue weighted by molar-refractivity contribution is 7.85. The SMILES string of the molecule is CS(=O)(=O)O.Cc1c(C(=O)Nc2ccc([C@H]3CC[C@H](N4CCOCC4)CC3)nc2)cnn1-c1ccc(C(F)(F)F)cn1. The van der Waals surface area contributed by atoms with Crippen LogP contribution < -0.4 is 5.32 Å². The predicted octanol–water partition coefficient (Wildman–Crippen LogP) is 4.10. The Bertz CT molecular complexity index is 1440. The first-order chi connectivity index (χ1) is 19.8. The molecular formula is C27H33F3N6O5S. The molecule has 2 fully saturated rings. The lowest BCUT2D eigenvalue weighted by Gasteiger charge is -2.38. The molecule has 1 aliphatic carbocycles. The lowest BCUT2D eigenvalue weighted by Crippen LogP contribution is -2.44. The number of alkyl halides is 3. The van der Waals surface area contributed by atoms with Crippen molar-refractivity contribution in [3.8, 4) is 5.82 Å². The van der Waals surface area contributed by atoms with Crippen molar-refractivity contribution in [1.82, 2.24) is 24.6 Å². The van der Waals surface area contributed by atoms with E-state index in [1.54, 1.807) is 13.1 Å². The van der Waals surface area contributed by atoms with Gasteiger partial charge in [-0.25, -0.2) is 9.67 Å². The number of nitrogens with zero attached hydrogens (tertiary/aromatic N) is 5. The maximum atomic E-state index is 12.9. The second-order valence-electron chi connectivity index (χ2n) is 10.3. The van der Waals surface area contributed by atoms with Gasteiger partial charge in [0.1, 0.15) is 0 Å². The Balaban J connectivity index is 0.000000748. The number of rotatable bonds is 5. The molecule has 4 heterocycles. The molecule has 0 aromatic carbocycles. The molecule has 3 aromatic heterocycles. The number of carbonyl (C=O) groups is 1. The fourth-order valence-electron chi connectivity index (χ4n) is 5.14. The van der Waals surface area contributed by atoms with Crippen LogP contribution >= 0.6 is 0 Å². The van der Waals surface area contributed by atoms with Crippen LogP contribution in [0.3, 0.4) is 0 Å². The van der Waals surface area contributed by atoms with Gasteiger partial charge in [0, 0.05) is 36.9 Å². The van der Waals surface area contributed by atoms with E-state index >= 15 is 0 Å². The molecule has 0 bridgehead atoms. The molecule has 11 nitrogen and oxygen atoms in total. The van der Waals surface area contributed by atoms with E-state index < -0.39 is 21.9 Å². The molecule has 15 heteroatoms. The zero-order valence-corrected chi connectivity index (χ0v) is 24.0. The van der Waals surface area contributed by atoms with Crippen LogP contribution in [0.15, 0.2) is 42.9 Å². The molecule has 0 atom stereocenters. The number of nitrogens with one attached hydrogen (secondary N) is 1. The van der Waals surface area contributed by atoms with Crippen LogP contribution in [0.5, 0.6) is 0 Å². The third kappa shape index (κ3) is 8.56. The highest BCUT2D eigenvalue weighted by atomic mass is 32.2. The lowest BCUT2D eigenvalue weighted by atomic mass is 9.83. The highest BCUT2D eigenvalue weighted by Crippen LogP contribution is 2.34. The van der Waals surface area contributed by atoms with Crippen molar-refractivity contribution < 1.29 is 35.7 Å². The van der Waals surface area contributed by atoms with Crippen molar-refractivity contribution in [3.63, 3.8) is 0 Å². The van der Waals surface area contributed by atoms with Crippen LogP contribution in [0.4, 0.5) is 18.9 Å². The van der Waals surface area contributed by atoms with E-state index in [9.17, 15) is 26.4 Å². The number of anilines is 1. The quantitative estimate of drug-likeness (QED) is 0.409. The molecule has 2 aliphatic rings. The standard InChI is InChI=1S/C26H29F3N6O2.CH4O3S/c1-17-22(16-32-35(17)24-9-4-19(14-31-24)26(27,28)29)25(36)33-20-5-8-23(30-15-20)18-2-6-21(7-3-18)34-10-12-37-13-11-34;1-5(2,3)4/h4-5,8-9,14-16,18,21H,2-3,6-7,10-13H2,1H3,(H,33,36);1H3,(H,2,3,4)/t18-,21-;. The summed E-state index contributed by atoms with van der Waals surface area (Å²) in [4.78, 5) is 23.9. The summed E-state index contributed by atoms with van der Waals surface area (Å²) in [6.07, 6.45) is 4.53. The number of ether oxygens (including phenoxy) is 1. The first kappa shape index (κ1) is 31.5. The first-order valence-corrected chi connectivity index (χ1v) is 15.2. The molecule has 228 valence electrons. The third-order valence-corrected chi connectivity index (χ3v) is 7.27. The number of morpholine rings is 1. The van der Waals surface area contributed by atoms with E-state index in [0.717, 1.165) is 69.9 Å². The summed E-state index contributed by atoms with van der Waals surface area (Å²) in [6.45, 7) is 5.33. The van der Waals surface area contributed by atoms with Gasteiger partial charge >= 0.3 is 6.18 Å². The number of amides is 1. The van der Waals surface area contributed by atoms with E-state index in [2.05, 4.69) is 25.3 Å². The zero-order chi connectivity index (χ0) is 30.5. The molecular weight excluding hydrogens is 577 g/mol. The van der Waals surface area contributed by atoms with Crippen molar-refractivity contribution in [2.24, 2.45) is 0 Å². The van der Waals surface area contributed by atoms with E-state index in [1.807, 2.05) is 12.1 Å². The van der Waals surface area contributed by atoms with Gasteiger partial charge in [-0.05, 0) is 56.9 Å². The minimum Gasteiger partial charge on any atom is -0.379 e. The van der Waals surface area contributed by atoms with Crippen molar-refractivity contribution in [2.45, 2.75) is 50.7 Å². The summed E-state index contributed by atoms with van der Waals surface area (Å²) in [5, 5.41) is 6.97. The maximum Gasteiger partial charge on any atom is 0.417 e. The van der Waals surface area contributed by atoms with Crippen molar-refractivity contribution in [2.75, 3.05) is 37.9 Å². The smallest absolute Gasteiger partial charge is 0.379 e. The Morgan fingerprint density at radius 2 is 1.69 bits per heavy atom. The van der Waals surface area contributed by atoms with E-state index in [-0.39, 0.29) is 11.7 Å². The Kier molecular flexibility index (Phi) is 9.97. The van der Waals surface area contributed by atoms with Crippen molar-refractivity contribution in [1.29, 1.82) is 0 Å². The summed E-state index contributed by atoms with van der Waals surface area (Å²) < 4.78 is 71.1. The highest BCUT2D eigenvalue weighted by Gasteiger charge is 2.31. The molecule has 1 aliphatic heterocycles. The molecule has 0 radical (unpaired) electrons. The first-order valence-electron chi connectivity index (χ1n) is 13.4. The number of hydrogen-bond acceptors (Lipinski definition) is 8. The average molecular weight is 611 g/mol. The molecule has 2 N–H and O–H groups in total. The Morgan fingerprint density at radius 3 is 2.24 bits per heavy atom. The van der Waals surface area contributed by atoms with Gasteiger partial charge in [-0.2, -0.15) is 26.7 Å². The molecule has 0 spiro atoms. The summed E-state index contributed by atoms with van der Waals surface area (Å²) in [5.41, 5.74) is 1.52. The summed E-state index contributed by atoms with van der Waals surface area (Å²) in [7, 11) is -3.67. The molecule has 5 rings (SSSR count). The molecule has 1 saturated heterocycles. The Labute approximate surface area is 241 Å². The Morgan fingerprint density at radius 1 is 1.02 bits per heavy atom. The molecule has 0 unspecified atom stereocenters. The van der Waals surface area contributed by atoms with Crippen molar-refractivity contribution in [3.05, 3.63) is 65.4 Å². The Hall–Kier alpha value is -3.40. The minimum absolute atomic E-state index is 0.193. The van der Waals surface area contributed by atoms with Crippen molar-refractivity contribution >= 4 is 21.7 Å². The number of aromatic nitrogens is 4. The average Bonchev–Trinajstić information content (AvgIpc) is 3.34. The zero-order valence-electron chi connectivity index (χ0n) is 23.2. The molecule has 42 heavy (non-hydrogen) atoms. The number of carbonyl (C=O) groups excluding carboxylic acids is 1. The van der Waals surface area contributed by atoms with Gasteiger partial charge in [-0.3, -0.25) is 19.2 Å².